The highest BCUT2D eigenvalue weighted by atomic mass is 19.1. The van der Waals surface area contributed by atoms with Crippen molar-refractivity contribution in [1.82, 2.24) is 5.32 Å². The summed E-state index contributed by atoms with van der Waals surface area (Å²) in [5.41, 5.74) is 1.91. The van der Waals surface area contributed by atoms with Gasteiger partial charge in [0, 0.05) is 25.7 Å². The van der Waals surface area contributed by atoms with Crippen LogP contribution in [0.3, 0.4) is 0 Å². The molecule has 0 aliphatic heterocycles. The molecule has 0 aromatic heterocycles. The van der Waals surface area contributed by atoms with Crippen LogP contribution in [-0.2, 0) is 6.54 Å². The zero-order valence-corrected chi connectivity index (χ0v) is 13.2. The van der Waals surface area contributed by atoms with Crippen molar-refractivity contribution in [1.29, 1.82) is 0 Å². The van der Waals surface area contributed by atoms with E-state index >= 15 is 0 Å². The maximum atomic E-state index is 14.5. The SMILES string of the molecule is CC1CCCCC1N(C)c1c(F)cccc1CNC1CC1. The number of halogens is 1. The Morgan fingerprint density at radius 2 is 1.95 bits per heavy atom. The summed E-state index contributed by atoms with van der Waals surface area (Å²) in [6.45, 7) is 3.09. The quantitative estimate of drug-likeness (QED) is 0.878. The Balaban J connectivity index is 1.80. The lowest BCUT2D eigenvalue weighted by molar-refractivity contribution is 0.320. The van der Waals surface area contributed by atoms with Gasteiger partial charge in [0.05, 0.1) is 5.69 Å². The third-order valence-electron chi connectivity index (χ3n) is 5.15. The van der Waals surface area contributed by atoms with E-state index in [1.54, 1.807) is 6.07 Å². The number of anilines is 1. The Morgan fingerprint density at radius 1 is 1.19 bits per heavy atom. The highest BCUT2D eigenvalue weighted by molar-refractivity contribution is 5.55. The van der Waals surface area contributed by atoms with Crippen molar-refractivity contribution in [2.75, 3.05) is 11.9 Å². The van der Waals surface area contributed by atoms with Crippen LogP contribution in [0.2, 0.25) is 0 Å². The first kappa shape index (κ1) is 14.8. The van der Waals surface area contributed by atoms with Crippen molar-refractivity contribution in [3.8, 4) is 0 Å². The molecule has 0 amide bonds. The Bertz CT molecular complexity index is 484. The summed E-state index contributed by atoms with van der Waals surface area (Å²) in [5, 5.41) is 3.52. The fourth-order valence-electron chi connectivity index (χ4n) is 3.68. The van der Waals surface area contributed by atoms with Crippen molar-refractivity contribution < 1.29 is 4.39 Å². The molecule has 2 aliphatic carbocycles. The van der Waals surface area contributed by atoms with Crippen LogP contribution in [0.25, 0.3) is 0 Å². The summed E-state index contributed by atoms with van der Waals surface area (Å²) in [4.78, 5) is 2.21. The Hall–Kier alpha value is -1.09. The van der Waals surface area contributed by atoms with Crippen molar-refractivity contribution >= 4 is 5.69 Å². The van der Waals surface area contributed by atoms with Gasteiger partial charge in [-0.1, -0.05) is 31.9 Å². The van der Waals surface area contributed by atoms with Crippen LogP contribution in [0.5, 0.6) is 0 Å². The van der Waals surface area contributed by atoms with Crippen molar-refractivity contribution in [2.24, 2.45) is 5.92 Å². The van der Waals surface area contributed by atoms with Gasteiger partial charge in [-0.25, -0.2) is 4.39 Å². The van der Waals surface area contributed by atoms with Crippen LogP contribution in [0, 0.1) is 11.7 Å². The molecule has 0 saturated heterocycles. The molecule has 0 spiro atoms. The molecule has 2 atom stereocenters. The average Bonchev–Trinajstić information content (AvgIpc) is 3.29. The second kappa shape index (κ2) is 6.35. The number of benzene rings is 1. The van der Waals surface area contributed by atoms with Gasteiger partial charge in [-0.15, -0.1) is 0 Å². The van der Waals surface area contributed by atoms with Crippen LogP contribution < -0.4 is 10.2 Å². The molecule has 2 aliphatic rings. The molecule has 3 heteroatoms. The molecule has 2 fully saturated rings. The summed E-state index contributed by atoms with van der Waals surface area (Å²) in [6, 6.07) is 6.62. The average molecular weight is 290 g/mol. The smallest absolute Gasteiger partial charge is 0.146 e. The third-order valence-corrected chi connectivity index (χ3v) is 5.15. The van der Waals surface area contributed by atoms with Crippen LogP contribution in [0.15, 0.2) is 18.2 Å². The van der Waals surface area contributed by atoms with Gasteiger partial charge >= 0.3 is 0 Å². The van der Waals surface area contributed by atoms with E-state index in [-0.39, 0.29) is 5.82 Å². The Kier molecular flexibility index (Phi) is 4.48. The number of nitrogens with zero attached hydrogens (tertiary/aromatic N) is 1. The zero-order chi connectivity index (χ0) is 14.8. The molecular weight excluding hydrogens is 263 g/mol. The summed E-state index contributed by atoms with van der Waals surface area (Å²) >= 11 is 0. The van der Waals surface area contributed by atoms with E-state index in [1.165, 1.54) is 38.5 Å². The minimum absolute atomic E-state index is 0.0784. The van der Waals surface area contributed by atoms with Crippen LogP contribution in [-0.4, -0.2) is 19.1 Å². The van der Waals surface area contributed by atoms with E-state index in [4.69, 9.17) is 0 Å². The molecule has 3 rings (SSSR count). The number of para-hydroxylation sites is 1. The Morgan fingerprint density at radius 3 is 2.67 bits per heavy atom. The van der Waals surface area contributed by atoms with Crippen LogP contribution in [0.1, 0.15) is 51.0 Å². The van der Waals surface area contributed by atoms with E-state index in [0.29, 0.717) is 18.0 Å². The predicted molar refractivity (Wildman–Crippen MR) is 86.1 cm³/mol. The molecule has 0 bridgehead atoms. The molecule has 0 radical (unpaired) electrons. The van der Waals surface area contributed by atoms with Gasteiger partial charge in [-0.05, 0) is 43.2 Å². The van der Waals surface area contributed by atoms with Crippen molar-refractivity contribution in [2.45, 2.75) is 64.1 Å². The third kappa shape index (κ3) is 3.39. The topological polar surface area (TPSA) is 15.3 Å². The maximum Gasteiger partial charge on any atom is 0.146 e. The summed E-state index contributed by atoms with van der Waals surface area (Å²) in [6.07, 6.45) is 7.56. The lowest BCUT2D eigenvalue weighted by Crippen LogP contribution is -2.40. The summed E-state index contributed by atoms with van der Waals surface area (Å²) < 4.78 is 14.5. The second-order valence-electron chi connectivity index (χ2n) is 6.84. The van der Waals surface area contributed by atoms with Gasteiger partial charge in [0.15, 0.2) is 0 Å². The molecule has 116 valence electrons. The van der Waals surface area contributed by atoms with E-state index in [1.807, 2.05) is 6.07 Å². The number of hydrogen-bond acceptors (Lipinski definition) is 2. The summed E-state index contributed by atoms with van der Waals surface area (Å²) in [5.74, 6) is 0.568. The van der Waals surface area contributed by atoms with Crippen molar-refractivity contribution in [3.63, 3.8) is 0 Å². The van der Waals surface area contributed by atoms with Gasteiger partial charge in [-0.3, -0.25) is 0 Å². The summed E-state index contributed by atoms with van der Waals surface area (Å²) in [7, 11) is 2.07. The standard InChI is InChI=1S/C18H27FN2/c1-13-6-3-4-9-17(13)21(2)18-14(7-5-8-16(18)19)12-20-15-10-11-15/h5,7-8,13,15,17,20H,3-4,6,9-12H2,1-2H3. The molecule has 2 saturated carbocycles. The van der Waals surface area contributed by atoms with Crippen LogP contribution >= 0.6 is 0 Å². The predicted octanol–water partition coefficient (Wildman–Crippen LogP) is 4.09. The van der Waals surface area contributed by atoms with E-state index in [2.05, 4.69) is 30.3 Å². The van der Waals surface area contributed by atoms with E-state index < -0.39 is 0 Å². The first-order chi connectivity index (χ1) is 10.2. The van der Waals surface area contributed by atoms with Crippen molar-refractivity contribution in [3.05, 3.63) is 29.6 Å². The maximum absolute atomic E-state index is 14.5. The lowest BCUT2D eigenvalue weighted by atomic mass is 9.84. The normalized spacial score (nSPS) is 25.9. The fraction of sp³-hybridized carbons (Fsp3) is 0.667. The molecule has 0 heterocycles. The molecule has 1 aromatic rings. The monoisotopic (exact) mass is 290 g/mol. The highest BCUT2D eigenvalue weighted by Gasteiger charge is 2.28. The Labute approximate surface area is 127 Å². The van der Waals surface area contributed by atoms with Gasteiger partial charge in [0.25, 0.3) is 0 Å². The van der Waals surface area contributed by atoms with E-state index in [9.17, 15) is 4.39 Å². The first-order valence-electron chi connectivity index (χ1n) is 8.40. The van der Waals surface area contributed by atoms with Gasteiger partial charge in [0.1, 0.15) is 5.82 Å². The van der Waals surface area contributed by atoms with Gasteiger partial charge in [-0.2, -0.15) is 0 Å². The lowest BCUT2D eigenvalue weighted by Gasteiger charge is -2.38. The molecule has 1 aromatic carbocycles. The molecule has 1 N–H and O–H groups in total. The fourth-order valence-corrected chi connectivity index (χ4v) is 3.68. The largest absolute Gasteiger partial charge is 0.369 e. The molecular formula is C18H27FN2. The van der Waals surface area contributed by atoms with Crippen LogP contribution in [0.4, 0.5) is 10.1 Å². The number of rotatable bonds is 5. The molecule has 21 heavy (non-hydrogen) atoms. The minimum atomic E-state index is -0.0784. The first-order valence-corrected chi connectivity index (χ1v) is 8.40. The van der Waals surface area contributed by atoms with Gasteiger partial charge < -0.3 is 10.2 Å². The van der Waals surface area contributed by atoms with Gasteiger partial charge in [0.2, 0.25) is 0 Å². The number of nitrogens with one attached hydrogen (secondary N) is 1. The highest BCUT2D eigenvalue weighted by Crippen LogP contribution is 2.33. The molecule has 2 unspecified atom stereocenters. The molecule has 2 nitrogen and oxygen atoms in total. The second-order valence-corrected chi connectivity index (χ2v) is 6.84. The minimum Gasteiger partial charge on any atom is -0.369 e. The number of hydrogen-bond donors (Lipinski definition) is 1. The van der Waals surface area contributed by atoms with E-state index in [0.717, 1.165) is 17.8 Å². The zero-order valence-electron chi connectivity index (χ0n) is 13.2.